The number of nitrogens with zero attached hydrogens (tertiary/aromatic N) is 6. The Kier molecular flexibility index (Phi) is 3.91. The van der Waals surface area contributed by atoms with Crippen molar-refractivity contribution in [3.8, 4) is 0 Å². The second-order valence-corrected chi connectivity index (χ2v) is 6.59. The van der Waals surface area contributed by atoms with Gasteiger partial charge in [0.2, 0.25) is 0 Å². The molecule has 25 heavy (non-hydrogen) atoms. The molecule has 0 N–H and O–H groups in total. The molecular weight excluding hydrogens is 347 g/mol. The molecule has 1 aliphatic heterocycles. The molecule has 1 amide bonds. The topological polar surface area (TPSA) is 68.8 Å². The Morgan fingerprint density at radius 3 is 3.00 bits per heavy atom. The molecule has 7 nitrogen and oxygen atoms in total. The molecule has 0 bridgehead atoms. The van der Waals surface area contributed by atoms with Gasteiger partial charge >= 0.3 is 0 Å². The Morgan fingerprint density at radius 1 is 1.40 bits per heavy atom. The lowest BCUT2D eigenvalue weighted by Crippen LogP contribution is -2.41. The predicted octanol–water partition coefficient (Wildman–Crippen LogP) is 2.43. The van der Waals surface area contributed by atoms with Gasteiger partial charge in [-0.05, 0) is 25.0 Å². The van der Waals surface area contributed by atoms with Crippen LogP contribution in [-0.4, -0.2) is 48.7 Å². The zero-order valence-corrected chi connectivity index (χ0v) is 14.3. The molecule has 1 fully saturated rings. The van der Waals surface area contributed by atoms with Crippen LogP contribution >= 0.6 is 11.6 Å². The van der Waals surface area contributed by atoms with Crippen molar-refractivity contribution in [3.05, 3.63) is 40.9 Å². The van der Waals surface area contributed by atoms with Crippen molar-refractivity contribution in [2.75, 3.05) is 13.1 Å². The van der Waals surface area contributed by atoms with Crippen LogP contribution in [0.15, 0.2) is 24.4 Å². The van der Waals surface area contributed by atoms with E-state index in [1.54, 1.807) is 22.7 Å². The summed E-state index contributed by atoms with van der Waals surface area (Å²) in [6, 6.07) is 4.41. The number of halogens is 2. The van der Waals surface area contributed by atoms with Crippen molar-refractivity contribution in [2.45, 2.75) is 18.9 Å². The van der Waals surface area contributed by atoms with Crippen LogP contribution in [0.5, 0.6) is 0 Å². The number of carbonyl (C=O) groups excluding carboxylic acids is 1. The van der Waals surface area contributed by atoms with E-state index < -0.39 is 0 Å². The molecule has 4 rings (SSSR count). The van der Waals surface area contributed by atoms with Crippen molar-refractivity contribution in [1.82, 2.24) is 29.7 Å². The highest BCUT2D eigenvalue weighted by Crippen LogP contribution is 2.27. The summed E-state index contributed by atoms with van der Waals surface area (Å²) in [4.78, 5) is 14.6. The number of piperidine rings is 1. The van der Waals surface area contributed by atoms with Crippen molar-refractivity contribution < 1.29 is 9.18 Å². The predicted molar refractivity (Wildman–Crippen MR) is 89.9 cm³/mol. The van der Waals surface area contributed by atoms with Gasteiger partial charge in [0.05, 0.1) is 22.8 Å². The quantitative estimate of drug-likeness (QED) is 0.702. The summed E-state index contributed by atoms with van der Waals surface area (Å²) in [6.45, 7) is 1.15. The number of rotatable bonds is 2. The highest BCUT2D eigenvalue weighted by atomic mass is 35.5. The second-order valence-electron chi connectivity index (χ2n) is 6.18. The summed E-state index contributed by atoms with van der Waals surface area (Å²) in [6.07, 6.45) is 3.18. The smallest absolute Gasteiger partial charge is 0.273 e. The van der Waals surface area contributed by atoms with E-state index in [-0.39, 0.29) is 17.8 Å². The maximum atomic E-state index is 13.3. The Labute approximate surface area is 148 Å². The SMILES string of the molecule is Cn1ncc(Cl)c1C(=O)N1CCCC(n2nnc3cc(F)ccc32)C1. The average Bonchev–Trinajstić information content (AvgIpc) is 3.17. The first kappa shape index (κ1) is 16.0. The number of fused-ring (bicyclic) bond motifs is 1. The van der Waals surface area contributed by atoms with Crippen molar-refractivity contribution in [3.63, 3.8) is 0 Å². The molecule has 130 valence electrons. The minimum atomic E-state index is -0.342. The van der Waals surface area contributed by atoms with E-state index in [2.05, 4.69) is 15.4 Å². The fraction of sp³-hybridized carbons (Fsp3) is 0.375. The Hall–Kier alpha value is -2.48. The number of aromatic nitrogens is 5. The van der Waals surface area contributed by atoms with Gasteiger partial charge in [0.15, 0.2) is 0 Å². The summed E-state index contributed by atoms with van der Waals surface area (Å²) < 4.78 is 16.6. The van der Waals surface area contributed by atoms with E-state index in [4.69, 9.17) is 11.6 Å². The van der Waals surface area contributed by atoms with Gasteiger partial charge in [0.1, 0.15) is 17.0 Å². The van der Waals surface area contributed by atoms with Gasteiger partial charge in [0.25, 0.3) is 5.91 Å². The summed E-state index contributed by atoms with van der Waals surface area (Å²) in [5.74, 6) is -0.490. The van der Waals surface area contributed by atoms with Crippen LogP contribution in [-0.2, 0) is 7.05 Å². The number of aryl methyl sites for hydroxylation is 1. The summed E-state index contributed by atoms with van der Waals surface area (Å²) >= 11 is 6.09. The number of likely N-dealkylation sites (tertiary alicyclic amines) is 1. The molecule has 1 atom stereocenters. The molecule has 9 heteroatoms. The van der Waals surface area contributed by atoms with E-state index in [1.807, 2.05) is 0 Å². The number of amides is 1. The number of carbonyl (C=O) groups is 1. The third kappa shape index (κ3) is 2.76. The van der Waals surface area contributed by atoms with Crippen LogP contribution < -0.4 is 0 Å². The fourth-order valence-corrected chi connectivity index (χ4v) is 3.57. The average molecular weight is 363 g/mol. The molecule has 0 saturated carbocycles. The van der Waals surface area contributed by atoms with Gasteiger partial charge in [-0.15, -0.1) is 5.10 Å². The highest BCUT2D eigenvalue weighted by Gasteiger charge is 2.29. The third-order valence-electron chi connectivity index (χ3n) is 4.56. The summed E-state index contributed by atoms with van der Waals surface area (Å²) in [7, 11) is 1.69. The zero-order chi connectivity index (χ0) is 17.6. The first-order valence-electron chi connectivity index (χ1n) is 8.02. The summed E-state index contributed by atoms with van der Waals surface area (Å²) in [5, 5.41) is 12.6. The van der Waals surface area contributed by atoms with Crippen molar-refractivity contribution in [1.29, 1.82) is 0 Å². The van der Waals surface area contributed by atoms with E-state index in [0.717, 1.165) is 18.4 Å². The highest BCUT2D eigenvalue weighted by molar-refractivity contribution is 6.33. The third-order valence-corrected chi connectivity index (χ3v) is 4.84. The van der Waals surface area contributed by atoms with Gasteiger partial charge < -0.3 is 4.90 Å². The molecule has 2 aromatic heterocycles. The zero-order valence-electron chi connectivity index (χ0n) is 13.6. The molecule has 1 saturated heterocycles. The van der Waals surface area contributed by atoms with Crippen LogP contribution in [0.2, 0.25) is 5.02 Å². The minimum absolute atomic E-state index is 0.0137. The summed E-state index contributed by atoms with van der Waals surface area (Å²) in [5.41, 5.74) is 1.66. The van der Waals surface area contributed by atoms with Crippen LogP contribution in [0.3, 0.4) is 0 Å². The molecule has 0 aliphatic carbocycles. The van der Waals surface area contributed by atoms with Crippen LogP contribution in [0.1, 0.15) is 29.4 Å². The molecule has 1 aliphatic rings. The van der Waals surface area contributed by atoms with E-state index in [0.29, 0.717) is 29.3 Å². The lowest BCUT2D eigenvalue weighted by atomic mass is 10.1. The van der Waals surface area contributed by atoms with Crippen LogP contribution in [0.4, 0.5) is 4.39 Å². The first-order valence-corrected chi connectivity index (χ1v) is 8.39. The molecule has 1 unspecified atom stereocenters. The van der Waals surface area contributed by atoms with E-state index >= 15 is 0 Å². The normalized spacial score (nSPS) is 18.0. The number of benzene rings is 1. The van der Waals surface area contributed by atoms with Gasteiger partial charge in [0, 0.05) is 26.2 Å². The molecule has 3 aromatic rings. The fourth-order valence-electron chi connectivity index (χ4n) is 3.32. The minimum Gasteiger partial charge on any atom is -0.335 e. The van der Waals surface area contributed by atoms with Gasteiger partial charge in [-0.2, -0.15) is 5.10 Å². The largest absolute Gasteiger partial charge is 0.335 e. The molecular formula is C16H16ClFN6O. The molecule has 3 heterocycles. The van der Waals surface area contributed by atoms with Gasteiger partial charge in [-0.3, -0.25) is 9.48 Å². The first-order chi connectivity index (χ1) is 12.0. The molecule has 1 aromatic carbocycles. The van der Waals surface area contributed by atoms with Gasteiger partial charge in [-0.1, -0.05) is 16.8 Å². The lowest BCUT2D eigenvalue weighted by molar-refractivity contribution is 0.0663. The molecule has 0 spiro atoms. The van der Waals surface area contributed by atoms with Crippen molar-refractivity contribution in [2.24, 2.45) is 7.05 Å². The van der Waals surface area contributed by atoms with Crippen LogP contribution in [0, 0.1) is 5.82 Å². The Bertz CT molecular complexity index is 932. The maximum absolute atomic E-state index is 13.3. The van der Waals surface area contributed by atoms with E-state index in [1.165, 1.54) is 23.0 Å². The maximum Gasteiger partial charge on any atom is 0.273 e. The van der Waals surface area contributed by atoms with Crippen LogP contribution in [0.25, 0.3) is 11.0 Å². The van der Waals surface area contributed by atoms with Gasteiger partial charge in [-0.25, -0.2) is 9.07 Å². The monoisotopic (exact) mass is 362 g/mol. The Balaban J connectivity index is 1.61. The Morgan fingerprint density at radius 2 is 2.24 bits per heavy atom. The number of hydrogen-bond acceptors (Lipinski definition) is 4. The lowest BCUT2D eigenvalue weighted by Gasteiger charge is -2.32. The number of hydrogen-bond donors (Lipinski definition) is 0. The van der Waals surface area contributed by atoms with Crippen molar-refractivity contribution >= 4 is 28.5 Å². The standard InChI is InChI=1S/C16H16ClFN6O/c1-22-15(12(17)8-19-22)16(25)23-6-2-3-11(9-23)24-14-5-4-10(18)7-13(14)20-21-24/h4-5,7-8,11H,2-3,6,9H2,1H3. The second kappa shape index (κ2) is 6.11. The molecule has 0 radical (unpaired) electrons. The van der Waals surface area contributed by atoms with E-state index in [9.17, 15) is 9.18 Å².